The van der Waals surface area contributed by atoms with E-state index in [-0.39, 0.29) is 22.8 Å². The highest BCUT2D eigenvalue weighted by Gasteiger charge is 2.21. The highest BCUT2D eigenvalue weighted by molar-refractivity contribution is 7.92. The number of carbonyl (C=O) groups excluding carboxylic acids is 1. The van der Waals surface area contributed by atoms with Gasteiger partial charge in [-0.2, -0.15) is 0 Å². The molecule has 0 saturated carbocycles. The Morgan fingerprint density at radius 1 is 1.05 bits per heavy atom. The summed E-state index contributed by atoms with van der Waals surface area (Å²) >= 11 is 1.31. The molecule has 44 heavy (non-hydrogen) atoms. The second-order valence-corrected chi connectivity index (χ2v) is 13.8. The number of sulfonamides is 1. The molecule has 0 aliphatic carbocycles. The second kappa shape index (κ2) is 13.2. The first-order valence-electron chi connectivity index (χ1n) is 14.2. The molecule has 10 nitrogen and oxygen atoms in total. The minimum absolute atomic E-state index is 0.149. The molecule has 0 unspecified atom stereocenters. The largest absolute Gasteiger partial charge is 0.387 e. The lowest BCUT2D eigenvalue weighted by molar-refractivity contribution is -0.115. The molecule has 0 radical (unpaired) electrons. The van der Waals surface area contributed by atoms with Crippen LogP contribution < -0.4 is 21.1 Å². The van der Waals surface area contributed by atoms with Gasteiger partial charge in [-0.3, -0.25) is 9.52 Å². The topological polar surface area (TPSA) is 151 Å². The molecule has 0 aliphatic rings. The Morgan fingerprint density at radius 2 is 1.84 bits per heavy atom. The third-order valence-corrected chi connectivity index (χ3v) is 9.41. The Labute approximate surface area is 261 Å². The molecule has 5 aromatic rings. The van der Waals surface area contributed by atoms with E-state index in [1.165, 1.54) is 23.5 Å². The summed E-state index contributed by atoms with van der Waals surface area (Å²) in [6.45, 7) is 5.21. The number of β-amino-alcohol motifs (C(OH)–C–C–N with tert-alkyl or cyclic N) is 1. The molecule has 0 aliphatic heterocycles. The number of rotatable bonds is 13. The first kappa shape index (κ1) is 31.2. The van der Waals surface area contributed by atoms with E-state index in [0.717, 1.165) is 29.6 Å². The number of nitrogens with zero attached hydrogens (tertiary/aromatic N) is 2. The van der Waals surface area contributed by atoms with Crippen LogP contribution in [-0.2, 0) is 27.8 Å². The Morgan fingerprint density at radius 3 is 2.59 bits per heavy atom. The summed E-state index contributed by atoms with van der Waals surface area (Å²) in [5.41, 5.74) is 8.78. The number of anilines is 3. The van der Waals surface area contributed by atoms with Crippen molar-refractivity contribution in [3.05, 3.63) is 102 Å². The van der Waals surface area contributed by atoms with Crippen LogP contribution in [0.25, 0.3) is 10.9 Å². The molecule has 3 aromatic carbocycles. The predicted molar refractivity (Wildman–Crippen MR) is 176 cm³/mol. The Kier molecular flexibility index (Phi) is 9.35. The van der Waals surface area contributed by atoms with Gasteiger partial charge in [-0.05, 0) is 74.4 Å². The van der Waals surface area contributed by atoms with Crippen LogP contribution in [0.4, 0.5) is 16.5 Å². The SMILES string of the molecule is CC(C)(CCn1ccc2cc(NC(=O)Cc3csc(N)n3)ccc21)NC[C@@H](O)c1cccc(NS(=O)(=O)c2ccccc2)c1. The van der Waals surface area contributed by atoms with Gasteiger partial charge in [-0.25, -0.2) is 13.4 Å². The second-order valence-electron chi connectivity index (χ2n) is 11.3. The average molecular weight is 633 g/mol. The molecule has 1 amide bonds. The monoisotopic (exact) mass is 632 g/mol. The van der Waals surface area contributed by atoms with Crippen LogP contribution in [0.3, 0.4) is 0 Å². The predicted octanol–water partition coefficient (Wildman–Crippen LogP) is 5.15. The molecule has 0 bridgehead atoms. The van der Waals surface area contributed by atoms with E-state index < -0.39 is 16.1 Å². The molecule has 0 fully saturated rings. The summed E-state index contributed by atoms with van der Waals surface area (Å²) in [6.07, 6.45) is 2.16. The van der Waals surface area contributed by atoms with Gasteiger partial charge in [0.15, 0.2) is 5.13 Å². The fourth-order valence-electron chi connectivity index (χ4n) is 4.85. The molecule has 2 heterocycles. The molecule has 6 N–H and O–H groups in total. The van der Waals surface area contributed by atoms with E-state index in [0.29, 0.717) is 28.6 Å². The van der Waals surface area contributed by atoms with Crippen LogP contribution in [0, 0.1) is 0 Å². The van der Waals surface area contributed by atoms with Gasteiger partial charge in [0.05, 0.1) is 23.1 Å². The molecule has 0 saturated heterocycles. The molecule has 0 spiro atoms. The number of amides is 1. The van der Waals surface area contributed by atoms with Gasteiger partial charge in [0, 0.05) is 52.5 Å². The minimum atomic E-state index is -3.73. The third-order valence-electron chi connectivity index (χ3n) is 7.29. The van der Waals surface area contributed by atoms with Crippen molar-refractivity contribution in [3.63, 3.8) is 0 Å². The van der Waals surface area contributed by atoms with Crippen LogP contribution >= 0.6 is 11.3 Å². The fourth-order valence-corrected chi connectivity index (χ4v) is 6.48. The summed E-state index contributed by atoms with van der Waals surface area (Å²) in [7, 11) is -3.73. The van der Waals surface area contributed by atoms with Crippen LogP contribution in [0.1, 0.15) is 37.6 Å². The summed E-state index contributed by atoms with van der Waals surface area (Å²) in [5.74, 6) is -0.149. The number of aliphatic hydroxyl groups excluding tert-OH is 1. The normalized spacial score (nSPS) is 12.7. The lowest BCUT2D eigenvalue weighted by atomic mass is 9.99. The zero-order chi connectivity index (χ0) is 31.3. The van der Waals surface area contributed by atoms with Crippen molar-refractivity contribution in [2.24, 2.45) is 0 Å². The van der Waals surface area contributed by atoms with E-state index in [2.05, 4.69) is 38.8 Å². The van der Waals surface area contributed by atoms with Gasteiger partial charge < -0.3 is 26.0 Å². The Bertz CT molecular complexity index is 1850. The molecule has 5 rings (SSSR count). The van der Waals surface area contributed by atoms with Crippen molar-refractivity contribution in [2.45, 2.75) is 49.8 Å². The quantitative estimate of drug-likeness (QED) is 0.120. The van der Waals surface area contributed by atoms with Gasteiger partial charge in [-0.15, -0.1) is 11.3 Å². The molecule has 1 atom stereocenters. The Balaban J connectivity index is 1.14. The first-order chi connectivity index (χ1) is 21.0. The van der Waals surface area contributed by atoms with Crippen molar-refractivity contribution in [1.82, 2.24) is 14.9 Å². The summed E-state index contributed by atoms with van der Waals surface area (Å²) < 4.78 is 30.2. The standard InChI is InChI=1S/C32H36N6O4S2/c1-32(2,34-20-29(39)23-7-6-8-25(18-23)37-44(41,42)27-9-4-3-5-10-27)14-16-38-15-13-22-17-24(11-12-28(22)38)35-30(40)19-26-21-43-31(33)36-26/h3-13,15,17-18,21,29,34,37,39H,14,16,19-20H2,1-2H3,(H2,33,36)(H,35,40)/t29-/m1/s1. The number of benzene rings is 3. The summed E-state index contributed by atoms with van der Waals surface area (Å²) in [4.78, 5) is 16.7. The van der Waals surface area contributed by atoms with Gasteiger partial charge in [-0.1, -0.05) is 30.3 Å². The fraction of sp³-hybridized carbons (Fsp3) is 0.250. The van der Waals surface area contributed by atoms with Crippen molar-refractivity contribution < 1.29 is 18.3 Å². The van der Waals surface area contributed by atoms with Crippen molar-refractivity contribution >= 4 is 54.7 Å². The number of nitrogen functional groups attached to an aromatic ring is 1. The zero-order valence-electron chi connectivity index (χ0n) is 24.5. The number of hydrogen-bond donors (Lipinski definition) is 5. The van der Waals surface area contributed by atoms with Crippen molar-refractivity contribution in [3.8, 4) is 0 Å². The zero-order valence-corrected chi connectivity index (χ0v) is 26.2. The molecular weight excluding hydrogens is 597 g/mol. The lowest BCUT2D eigenvalue weighted by Gasteiger charge is -2.28. The van der Waals surface area contributed by atoms with Crippen molar-refractivity contribution in [2.75, 3.05) is 22.3 Å². The number of fused-ring (bicyclic) bond motifs is 1. The van der Waals surface area contributed by atoms with E-state index in [4.69, 9.17) is 5.73 Å². The van der Waals surface area contributed by atoms with Gasteiger partial charge >= 0.3 is 0 Å². The summed E-state index contributed by atoms with van der Waals surface area (Å²) in [6, 6.07) is 22.8. The van der Waals surface area contributed by atoms with Crippen LogP contribution in [0.15, 0.2) is 95.3 Å². The van der Waals surface area contributed by atoms with Crippen LogP contribution in [-0.4, -0.2) is 41.1 Å². The van der Waals surface area contributed by atoms with Gasteiger partial charge in [0.1, 0.15) is 0 Å². The third kappa shape index (κ3) is 8.03. The highest BCUT2D eigenvalue weighted by Crippen LogP contribution is 2.24. The van der Waals surface area contributed by atoms with Gasteiger partial charge in [0.25, 0.3) is 10.0 Å². The molecule has 230 valence electrons. The molecular formula is C32H36N6O4S2. The maximum Gasteiger partial charge on any atom is 0.261 e. The molecule has 12 heteroatoms. The lowest BCUT2D eigenvalue weighted by Crippen LogP contribution is -2.42. The molecule has 2 aromatic heterocycles. The van der Waals surface area contributed by atoms with E-state index >= 15 is 0 Å². The number of carbonyl (C=O) groups is 1. The number of aromatic nitrogens is 2. The van der Waals surface area contributed by atoms with E-state index in [9.17, 15) is 18.3 Å². The minimum Gasteiger partial charge on any atom is -0.387 e. The first-order valence-corrected chi connectivity index (χ1v) is 16.5. The van der Waals surface area contributed by atoms with E-state index in [1.807, 2.05) is 30.5 Å². The smallest absolute Gasteiger partial charge is 0.261 e. The number of aryl methyl sites for hydroxylation is 1. The maximum absolute atomic E-state index is 12.7. The Hall–Kier alpha value is -4.23. The maximum atomic E-state index is 12.7. The van der Waals surface area contributed by atoms with Crippen molar-refractivity contribution in [1.29, 1.82) is 0 Å². The van der Waals surface area contributed by atoms with Crippen LogP contribution in [0.2, 0.25) is 0 Å². The average Bonchev–Trinajstić information content (AvgIpc) is 3.60. The number of aliphatic hydroxyl groups is 1. The number of thiazole rings is 1. The van der Waals surface area contributed by atoms with Crippen LogP contribution in [0.5, 0.6) is 0 Å². The van der Waals surface area contributed by atoms with Gasteiger partial charge in [0.2, 0.25) is 5.91 Å². The number of nitrogens with one attached hydrogen (secondary N) is 3. The number of hydrogen-bond acceptors (Lipinski definition) is 8. The van der Waals surface area contributed by atoms with E-state index in [1.54, 1.807) is 47.8 Å². The number of nitrogens with two attached hydrogens (primary N) is 1. The highest BCUT2D eigenvalue weighted by atomic mass is 32.2. The summed E-state index contributed by atoms with van der Waals surface area (Å²) in [5, 5.41) is 20.5.